The lowest BCUT2D eigenvalue weighted by Crippen LogP contribution is -2.01. The normalized spacial score (nSPS) is 12.0. The first-order chi connectivity index (χ1) is 10.1. The fraction of sp³-hybridized carbons (Fsp3) is 0.389. The van der Waals surface area contributed by atoms with E-state index in [2.05, 4.69) is 49.5 Å². The van der Waals surface area contributed by atoms with E-state index < -0.39 is 0 Å². The molecule has 0 bridgehead atoms. The zero-order chi connectivity index (χ0) is 15.4. The van der Waals surface area contributed by atoms with Crippen LogP contribution in [0.25, 0.3) is 0 Å². The summed E-state index contributed by atoms with van der Waals surface area (Å²) in [5.41, 5.74) is 5.50. The molecule has 1 heterocycles. The average Bonchev–Trinajstić information content (AvgIpc) is 2.80. The number of hydrogen-bond acceptors (Lipinski definition) is 2. The quantitative estimate of drug-likeness (QED) is 0.886. The van der Waals surface area contributed by atoms with E-state index in [0.29, 0.717) is 11.6 Å². The van der Waals surface area contributed by atoms with Crippen molar-refractivity contribution in [2.45, 2.75) is 39.7 Å². The van der Waals surface area contributed by atoms with Gasteiger partial charge in [-0.15, -0.1) is 0 Å². The highest BCUT2D eigenvalue weighted by atomic mass is 15.0. The molecule has 1 aromatic carbocycles. The van der Waals surface area contributed by atoms with Crippen molar-refractivity contribution in [2.75, 3.05) is 5.32 Å². The minimum absolute atomic E-state index is 0.605. The molecule has 0 aliphatic carbocycles. The highest BCUT2D eigenvalue weighted by Gasteiger charge is 2.08. The largest absolute Gasteiger partial charge is 0.381 e. The zero-order valence-electron chi connectivity index (χ0n) is 13.3. The molecule has 1 N–H and O–H groups in total. The molecule has 0 spiro atoms. The second-order valence-corrected chi connectivity index (χ2v) is 5.60. The lowest BCUT2D eigenvalue weighted by Gasteiger charge is -2.11. The molecule has 3 nitrogen and oxygen atoms in total. The van der Waals surface area contributed by atoms with Crippen molar-refractivity contribution in [2.24, 2.45) is 7.05 Å². The summed E-state index contributed by atoms with van der Waals surface area (Å²) in [7, 11) is 1.93. The molecule has 0 aliphatic heterocycles. The van der Waals surface area contributed by atoms with E-state index in [9.17, 15) is 0 Å². The second kappa shape index (κ2) is 6.49. The van der Waals surface area contributed by atoms with Gasteiger partial charge in [0, 0.05) is 25.0 Å². The Kier molecular flexibility index (Phi) is 4.70. The van der Waals surface area contributed by atoms with Gasteiger partial charge in [-0.2, -0.15) is 5.26 Å². The molecule has 0 fully saturated rings. The number of nitrogens with one attached hydrogen (secondary N) is 1. The molecule has 0 saturated carbocycles. The van der Waals surface area contributed by atoms with Crippen molar-refractivity contribution >= 4 is 5.69 Å². The minimum atomic E-state index is 0.605. The summed E-state index contributed by atoms with van der Waals surface area (Å²) in [5, 5.41) is 12.5. The SMILES string of the molecule is CCC(C)c1ccc(NCc2cc(C#N)n(C)c2C)cc1. The van der Waals surface area contributed by atoms with Gasteiger partial charge in [-0.1, -0.05) is 26.0 Å². The van der Waals surface area contributed by atoms with Crippen LogP contribution >= 0.6 is 0 Å². The highest BCUT2D eigenvalue weighted by Crippen LogP contribution is 2.21. The molecule has 3 heteroatoms. The first-order valence-electron chi connectivity index (χ1n) is 7.46. The van der Waals surface area contributed by atoms with Crippen molar-refractivity contribution < 1.29 is 0 Å². The van der Waals surface area contributed by atoms with Crippen LogP contribution in [0.5, 0.6) is 0 Å². The standard InChI is InChI=1S/C18H23N3/c1-5-13(2)15-6-8-17(9-7-15)20-12-16-10-18(11-19)21(4)14(16)3/h6-10,13,20H,5,12H2,1-4H3. The topological polar surface area (TPSA) is 40.8 Å². The summed E-state index contributed by atoms with van der Waals surface area (Å²) >= 11 is 0. The molecule has 1 aromatic heterocycles. The first kappa shape index (κ1) is 15.2. The Morgan fingerprint density at radius 2 is 1.95 bits per heavy atom. The molecule has 21 heavy (non-hydrogen) atoms. The molecule has 0 saturated heterocycles. The highest BCUT2D eigenvalue weighted by molar-refractivity contribution is 5.46. The van der Waals surface area contributed by atoms with Crippen molar-refractivity contribution in [3.63, 3.8) is 0 Å². The van der Waals surface area contributed by atoms with Gasteiger partial charge in [0.05, 0.1) is 0 Å². The summed E-state index contributed by atoms with van der Waals surface area (Å²) in [5.74, 6) is 0.605. The predicted octanol–water partition coefficient (Wildman–Crippen LogP) is 4.33. The van der Waals surface area contributed by atoms with Crippen LogP contribution in [0.2, 0.25) is 0 Å². The van der Waals surface area contributed by atoms with Gasteiger partial charge in [0.1, 0.15) is 11.8 Å². The van der Waals surface area contributed by atoms with Crippen molar-refractivity contribution in [1.29, 1.82) is 5.26 Å². The van der Waals surface area contributed by atoms with Crippen LogP contribution in [-0.2, 0) is 13.6 Å². The summed E-state index contributed by atoms with van der Waals surface area (Å²) in [6, 6.07) is 12.8. The minimum Gasteiger partial charge on any atom is -0.381 e. The van der Waals surface area contributed by atoms with E-state index in [1.165, 1.54) is 11.1 Å². The predicted molar refractivity (Wildman–Crippen MR) is 87.3 cm³/mol. The molecule has 1 unspecified atom stereocenters. The molecule has 0 aliphatic rings. The maximum atomic E-state index is 9.06. The van der Waals surface area contributed by atoms with Crippen LogP contribution in [0.15, 0.2) is 30.3 Å². The molecule has 0 amide bonds. The smallest absolute Gasteiger partial charge is 0.120 e. The third-order valence-corrected chi connectivity index (χ3v) is 4.33. The van der Waals surface area contributed by atoms with Gasteiger partial charge < -0.3 is 9.88 Å². The number of nitriles is 1. The van der Waals surface area contributed by atoms with E-state index in [1.807, 2.05) is 24.6 Å². The summed E-state index contributed by atoms with van der Waals surface area (Å²) < 4.78 is 1.93. The van der Waals surface area contributed by atoms with Crippen molar-refractivity contribution in [3.8, 4) is 6.07 Å². The van der Waals surface area contributed by atoms with E-state index in [0.717, 1.165) is 24.3 Å². The summed E-state index contributed by atoms with van der Waals surface area (Å²) in [6.07, 6.45) is 1.16. The zero-order valence-corrected chi connectivity index (χ0v) is 13.3. The summed E-state index contributed by atoms with van der Waals surface area (Å²) in [6.45, 7) is 7.24. The number of anilines is 1. The van der Waals surface area contributed by atoms with Gasteiger partial charge in [0.25, 0.3) is 0 Å². The van der Waals surface area contributed by atoms with E-state index in [-0.39, 0.29) is 0 Å². The van der Waals surface area contributed by atoms with E-state index in [1.54, 1.807) is 0 Å². The van der Waals surface area contributed by atoms with Gasteiger partial charge in [0.15, 0.2) is 0 Å². The van der Waals surface area contributed by atoms with Gasteiger partial charge in [-0.25, -0.2) is 0 Å². The Morgan fingerprint density at radius 1 is 1.29 bits per heavy atom. The van der Waals surface area contributed by atoms with Crippen LogP contribution in [-0.4, -0.2) is 4.57 Å². The maximum absolute atomic E-state index is 9.06. The molecular weight excluding hydrogens is 258 g/mol. The number of rotatable bonds is 5. The fourth-order valence-electron chi connectivity index (χ4n) is 2.41. The molecule has 110 valence electrons. The van der Waals surface area contributed by atoms with Crippen LogP contribution in [0.1, 0.15) is 48.7 Å². The van der Waals surface area contributed by atoms with E-state index in [4.69, 9.17) is 5.26 Å². The van der Waals surface area contributed by atoms with Crippen molar-refractivity contribution in [3.05, 3.63) is 52.8 Å². The summed E-state index contributed by atoms with van der Waals surface area (Å²) in [4.78, 5) is 0. The average molecular weight is 281 g/mol. The van der Waals surface area contributed by atoms with Crippen LogP contribution < -0.4 is 5.32 Å². The van der Waals surface area contributed by atoms with Gasteiger partial charge in [-0.3, -0.25) is 0 Å². The van der Waals surface area contributed by atoms with E-state index >= 15 is 0 Å². The molecular formula is C18H23N3. The second-order valence-electron chi connectivity index (χ2n) is 5.60. The number of hydrogen-bond donors (Lipinski definition) is 1. The Hall–Kier alpha value is -2.21. The van der Waals surface area contributed by atoms with Crippen molar-refractivity contribution in [1.82, 2.24) is 4.57 Å². The van der Waals surface area contributed by atoms with Crippen LogP contribution in [0, 0.1) is 18.3 Å². The molecule has 0 radical (unpaired) electrons. The fourth-order valence-corrected chi connectivity index (χ4v) is 2.41. The van der Waals surface area contributed by atoms with Crippen LogP contribution in [0.4, 0.5) is 5.69 Å². The van der Waals surface area contributed by atoms with Gasteiger partial charge >= 0.3 is 0 Å². The Labute approximate surface area is 127 Å². The molecule has 2 aromatic rings. The molecule has 1 atom stereocenters. The molecule has 2 rings (SSSR count). The Bertz CT molecular complexity index is 644. The Morgan fingerprint density at radius 3 is 2.48 bits per heavy atom. The Balaban J connectivity index is 2.05. The number of aromatic nitrogens is 1. The van der Waals surface area contributed by atoms with Gasteiger partial charge in [-0.05, 0) is 48.6 Å². The number of nitrogens with zero attached hydrogens (tertiary/aromatic N) is 2. The monoisotopic (exact) mass is 281 g/mol. The maximum Gasteiger partial charge on any atom is 0.120 e. The number of benzene rings is 1. The lowest BCUT2D eigenvalue weighted by atomic mass is 9.99. The van der Waals surface area contributed by atoms with Crippen LogP contribution in [0.3, 0.4) is 0 Å². The first-order valence-corrected chi connectivity index (χ1v) is 7.46. The third kappa shape index (κ3) is 3.28. The van der Waals surface area contributed by atoms with Gasteiger partial charge in [0.2, 0.25) is 0 Å². The third-order valence-electron chi connectivity index (χ3n) is 4.33. The lowest BCUT2D eigenvalue weighted by molar-refractivity contribution is 0.734.